The van der Waals surface area contributed by atoms with Crippen molar-refractivity contribution in [3.05, 3.63) is 35.9 Å². The maximum absolute atomic E-state index is 8.58. The lowest BCUT2D eigenvalue weighted by Gasteiger charge is -2.02. The summed E-state index contributed by atoms with van der Waals surface area (Å²) in [6, 6.07) is 5.54. The van der Waals surface area contributed by atoms with Gasteiger partial charge in [-0.3, -0.25) is 4.40 Å². The molecule has 0 aromatic carbocycles. The number of nitrogens with zero attached hydrogens (tertiary/aromatic N) is 3. The van der Waals surface area contributed by atoms with Crippen LogP contribution in [0.4, 0.5) is 0 Å². The highest BCUT2D eigenvalue weighted by Crippen LogP contribution is 2.10. The summed E-state index contributed by atoms with van der Waals surface area (Å²) in [7, 11) is 0. The van der Waals surface area contributed by atoms with Gasteiger partial charge in [-0.05, 0) is 19.1 Å². The van der Waals surface area contributed by atoms with Crippen LogP contribution in [-0.2, 0) is 0 Å². The first-order chi connectivity index (χ1) is 6.74. The normalized spacial score (nSPS) is 12.2. The molecule has 0 atom stereocenters. The van der Waals surface area contributed by atoms with Crippen molar-refractivity contribution in [2.24, 2.45) is 10.9 Å². The Labute approximate surface area is 80.5 Å². The fourth-order valence-electron chi connectivity index (χ4n) is 1.41. The Morgan fingerprint density at radius 3 is 3.07 bits per heavy atom. The number of aromatic nitrogens is 2. The molecule has 5 heteroatoms. The van der Waals surface area contributed by atoms with E-state index in [0.29, 0.717) is 5.69 Å². The summed E-state index contributed by atoms with van der Waals surface area (Å²) < 4.78 is 1.78. The molecule has 5 nitrogen and oxygen atoms in total. The summed E-state index contributed by atoms with van der Waals surface area (Å²) in [5.74, 6) is 0.0769. The molecule has 0 radical (unpaired) electrons. The minimum atomic E-state index is 0.0769. The number of hydrogen-bond acceptors (Lipinski definition) is 3. The predicted octanol–water partition coefficient (Wildman–Crippen LogP) is 0.737. The van der Waals surface area contributed by atoms with E-state index < -0.39 is 0 Å². The number of hydrogen-bond donors (Lipinski definition) is 2. The average Bonchev–Trinajstić information content (AvgIpc) is 2.59. The summed E-state index contributed by atoms with van der Waals surface area (Å²) in [6.45, 7) is 1.91. The van der Waals surface area contributed by atoms with E-state index >= 15 is 0 Å². The minimum Gasteiger partial charge on any atom is -0.409 e. The minimum absolute atomic E-state index is 0.0769. The van der Waals surface area contributed by atoms with Gasteiger partial charge in [-0.2, -0.15) is 0 Å². The van der Waals surface area contributed by atoms with Crippen molar-refractivity contribution in [2.45, 2.75) is 6.92 Å². The Morgan fingerprint density at radius 2 is 2.36 bits per heavy atom. The van der Waals surface area contributed by atoms with E-state index in [2.05, 4.69) is 10.1 Å². The van der Waals surface area contributed by atoms with Crippen LogP contribution in [0.1, 0.15) is 11.4 Å². The number of amidine groups is 1. The number of aryl methyl sites for hydroxylation is 1. The van der Waals surface area contributed by atoms with Gasteiger partial charge in [0.1, 0.15) is 6.33 Å². The topological polar surface area (TPSA) is 75.9 Å². The third kappa shape index (κ3) is 1.10. The Kier molecular flexibility index (Phi) is 1.85. The molecule has 72 valence electrons. The zero-order chi connectivity index (χ0) is 10.1. The van der Waals surface area contributed by atoms with Crippen molar-refractivity contribution in [2.75, 3.05) is 0 Å². The van der Waals surface area contributed by atoms with Gasteiger partial charge in [-0.25, -0.2) is 4.98 Å². The number of fused-ring (bicyclic) bond motifs is 1. The average molecular weight is 190 g/mol. The fourth-order valence-corrected chi connectivity index (χ4v) is 1.41. The Balaban J connectivity index is 2.78. The Bertz CT molecular complexity index is 500. The summed E-state index contributed by atoms with van der Waals surface area (Å²) in [4.78, 5) is 4.14. The lowest BCUT2D eigenvalue weighted by molar-refractivity contribution is 0.318. The van der Waals surface area contributed by atoms with E-state index in [1.54, 1.807) is 16.8 Å². The summed E-state index contributed by atoms with van der Waals surface area (Å²) >= 11 is 0. The zero-order valence-electron chi connectivity index (χ0n) is 7.68. The van der Waals surface area contributed by atoms with Gasteiger partial charge in [0.25, 0.3) is 0 Å². The van der Waals surface area contributed by atoms with Gasteiger partial charge in [-0.15, -0.1) is 0 Å². The van der Waals surface area contributed by atoms with E-state index in [4.69, 9.17) is 10.9 Å². The van der Waals surface area contributed by atoms with Gasteiger partial charge >= 0.3 is 0 Å². The molecule has 0 saturated heterocycles. The highest BCUT2D eigenvalue weighted by Gasteiger charge is 2.06. The van der Waals surface area contributed by atoms with Crippen molar-refractivity contribution in [3.63, 3.8) is 0 Å². The molecular formula is C9H10N4O. The molecule has 0 saturated carbocycles. The lowest BCUT2D eigenvalue weighted by atomic mass is 10.3. The van der Waals surface area contributed by atoms with Crippen molar-refractivity contribution in [1.29, 1.82) is 0 Å². The molecule has 14 heavy (non-hydrogen) atoms. The van der Waals surface area contributed by atoms with Crippen LogP contribution in [0.5, 0.6) is 0 Å². The first kappa shape index (κ1) is 8.55. The van der Waals surface area contributed by atoms with Crippen LogP contribution in [0.2, 0.25) is 0 Å². The largest absolute Gasteiger partial charge is 0.409 e. The molecular weight excluding hydrogens is 180 g/mol. The molecule has 0 unspecified atom stereocenters. The molecule has 3 N–H and O–H groups in total. The summed E-state index contributed by atoms with van der Waals surface area (Å²) in [5, 5.41) is 11.5. The summed E-state index contributed by atoms with van der Waals surface area (Å²) in [5.41, 5.74) is 8.02. The second kappa shape index (κ2) is 3.02. The van der Waals surface area contributed by atoms with E-state index in [0.717, 1.165) is 11.2 Å². The van der Waals surface area contributed by atoms with Crippen molar-refractivity contribution in [1.82, 2.24) is 9.38 Å². The van der Waals surface area contributed by atoms with E-state index in [9.17, 15) is 0 Å². The van der Waals surface area contributed by atoms with Crippen LogP contribution in [0, 0.1) is 6.92 Å². The standard InChI is InChI=1S/C9H10N4O/c1-6-7-3-2-4-8(9(10)12-14)13(7)5-11-6/h2-5,14H,1H3,(H2,10,12). The van der Waals surface area contributed by atoms with Crippen LogP contribution >= 0.6 is 0 Å². The van der Waals surface area contributed by atoms with E-state index in [1.807, 2.05) is 19.1 Å². The molecule has 0 aliphatic carbocycles. The van der Waals surface area contributed by atoms with Crippen LogP contribution in [-0.4, -0.2) is 20.4 Å². The van der Waals surface area contributed by atoms with Crippen molar-refractivity contribution >= 4 is 11.4 Å². The van der Waals surface area contributed by atoms with Crippen LogP contribution in [0.3, 0.4) is 0 Å². The maximum atomic E-state index is 8.58. The molecule has 0 amide bonds. The second-order valence-electron chi connectivity index (χ2n) is 2.98. The monoisotopic (exact) mass is 190 g/mol. The molecule has 0 fully saturated rings. The molecule has 2 aromatic heterocycles. The quantitative estimate of drug-likeness (QED) is 0.301. The van der Waals surface area contributed by atoms with Gasteiger partial charge < -0.3 is 10.9 Å². The number of imidazole rings is 1. The first-order valence-electron chi connectivity index (χ1n) is 4.14. The molecule has 0 bridgehead atoms. The first-order valence-corrected chi connectivity index (χ1v) is 4.14. The summed E-state index contributed by atoms with van der Waals surface area (Å²) in [6.07, 6.45) is 1.65. The SMILES string of the molecule is Cc1ncn2c(/C(N)=N\O)cccc12. The molecule has 0 aliphatic heterocycles. The molecule has 2 rings (SSSR count). The third-order valence-corrected chi connectivity index (χ3v) is 2.13. The Hall–Kier alpha value is -2.04. The van der Waals surface area contributed by atoms with Crippen LogP contribution in [0.25, 0.3) is 5.52 Å². The second-order valence-corrected chi connectivity index (χ2v) is 2.98. The smallest absolute Gasteiger partial charge is 0.187 e. The highest BCUT2D eigenvalue weighted by molar-refractivity contribution is 5.96. The van der Waals surface area contributed by atoms with Crippen LogP contribution in [0.15, 0.2) is 29.7 Å². The molecule has 2 aromatic rings. The number of pyridine rings is 1. The van der Waals surface area contributed by atoms with Gasteiger partial charge in [0.2, 0.25) is 0 Å². The van der Waals surface area contributed by atoms with Gasteiger partial charge in [0, 0.05) is 0 Å². The maximum Gasteiger partial charge on any atom is 0.187 e. The number of oxime groups is 1. The van der Waals surface area contributed by atoms with Crippen molar-refractivity contribution < 1.29 is 5.21 Å². The van der Waals surface area contributed by atoms with Gasteiger partial charge in [-0.1, -0.05) is 11.2 Å². The van der Waals surface area contributed by atoms with E-state index in [1.165, 1.54) is 0 Å². The lowest BCUT2D eigenvalue weighted by Crippen LogP contribution is -2.16. The molecule has 0 aliphatic rings. The fraction of sp³-hybridized carbons (Fsp3) is 0.111. The van der Waals surface area contributed by atoms with Gasteiger partial charge in [0.15, 0.2) is 5.84 Å². The third-order valence-electron chi connectivity index (χ3n) is 2.13. The Morgan fingerprint density at radius 1 is 1.57 bits per heavy atom. The number of nitrogens with two attached hydrogens (primary N) is 1. The van der Waals surface area contributed by atoms with Gasteiger partial charge in [0.05, 0.1) is 16.9 Å². The molecule has 2 heterocycles. The predicted molar refractivity (Wildman–Crippen MR) is 52.4 cm³/mol. The van der Waals surface area contributed by atoms with Crippen molar-refractivity contribution in [3.8, 4) is 0 Å². The van der Waals surface area contributed by atoms with Crippen LogP contribution < -0.4 is 5.73 Å². The molecule has 0 spiro atoms. The zero-order valence-corrected chi connectivity index (χ0v) is 7.68. The number of rotatable bonds is 1. The highest BCUT2D eigenvalue weighted by atomic mass is 16.4. The van der Waals surface area contributed by atoms with E-state index in [-0.39, 0.29) is 5.84 Å².